The Balaban J connectivity index is 2.04. The molecule has 0 fully saturated rings. The van der Waals surface area contributed by atoms with Crippen LogP contribution in [-0.4, -0.2) is 6.54 Å². The van der Waals surface area contributed by atoms with Crippen LogP contribution < -0.4 is 5.73 Å². The van der Waals surface area contributed by atoms with Crippen LogP contribution in [0.1, 0.15) is 11.1 Å². The SMILES string of the molecule is NCC(Cc1ccccc1)Cc1ccc(Cl)c(F)c1. The molecule has 0 spiro atoms. The molecule has 2 N–H and O–H groups in total. The van der Waals surface area contributed by atoms with Crippen molar-refractivity contribution in [3.05, 3.63) is 70.5 Å². The van der Waals surface area contributed by atoms with Crippen LogP contribution in [0.2, 0.25) is 5.02 Å². The van der Waals surface area contributed by atoms with Gasteiger partial charge in [-0.05, 0) is 48.6 Å². The van der Waals surface area contributed by atoms with Crippen LogP contribution in [0.3, 0.4) is 0 Å². The molecule has 1 nitrogen and oxygen atoms in total. The second-order valence-electron chi connectivity index (χ2n) is 4.74. The van der Waals surface area contributed by atoms with Crippen molar-refractivity contribution in [3.8, 4) is 0 Å². The topological polar surface area (TPSA) is 26.0 Å². The molecule has 0 amide bonds. The first-order chi connectivity index (χ1) is 9.19. The first-order valence-electron chi connectivity index (χ1n) is 6.37. The summed E-state index contributed by atoms with van der Waals surface area (Å²) in [6.45, 7) is 0.582. The molecule has 1 atom stereocenters. The maximum atomic E-state index is 13.4. The van der Waals surface area contributed by atoms with Crippen LogP contribution in [0.15, 0.2) is 48.5 Å². The van der Waals surface area contributed by atoms with E-state index in [0.29, 0.717) is 12.5 Å². The Hall–Kier alpha value is -1.38. The van der Waals surface area contributed by atoms with Gasteiger partial charge in [0.25, 0.3) is 0 Å². The largest absolute Gasteiger partial charge is 0.330 e. The first kappa shape index (κ1) is 14.0. The minimum atomic E-state index is -0.366. The second kappa shape index (κ2) is 6.69. The highest BCUT2D eigenvalue weighted by molar-refractivity contribution is 6.30. The lowest BCUT2D eigenvalue weighted by atomic mass is 9.92. The van der Waals surface area contributed by atoms with Gasteiger partial charge in [-0.1, -0.05) is 48.0 Å². The van der Waals surface area contributed by atoms with E-state index in [-0.39, 0.29) is 10.8 Å². The summed E-state index contributed by atoms with van der Waals surface area (Å²) in [6, 6.07) is 15.2. The van der Waals surface area contributed by atoms with Crippen LogP contribution in [0.4, 0.5) is 4.39 Å². The summed E-state index contributed by atoms with van der Waals surface area (Å²) in [5.74, 6) is -0.0578. The summed E-state index contributed by atoms with van der Waals surface area (Å²) in [5, 5.41) is 0.163. The Morgan fingerprint density at radius 2 is 1.68 bits per heavy atom. The van der Waals surface area contributed by atoms with Crippen LogP contribution in [0, 0.1) is 11.7 Å². The highest BCUT2D eigenvalue weighted by Crippen LogP contribution is 2.19. The Morgan fingerprint density at radius 3 is 2.32 bits per heavy atom. The van der Waals surface area contributed by atoms with Gasteiger partial charge in [0.2, 0.25) is 0 Å². The van der Waals surface area contributed by atoms with Crippen molar-refractivity contribution in [2.45, 2.75) is 12.8 Å². The van der Waals surface area contributed by atoms with Crippen molar-refractivity contribution in [1.82, 2.24) is 0 Å². The summed E-state index contributed by atoms with van der Waals surface area (Å²) in [4.78, 5) is 0. The number of hydrogen-bond acceptors (Lipinski definition) is 1. The van der Waals surface area contributed by atoms with Gasteiger partial charge in [0.15, 0.2) is 0 Å². The molecule has 0 aromatic heterocycles. The zero-order valence-corrected chi connectivity index (χ0v) is 11.4. The average molecular weight is 278 g/mol. The molecule has 100 valence electrons. The molecule has 0 aliphatic carbocycles. The van der Waals surface area contributed by atoms with Gasteiger partial charge in [0.1, 0.15) is 5.82 Å². The number of rotatable bonds is 5. The molecule has 0 aliphatic rings. The van der Waals surface area contributed by atoms with Gasteiger partial charge in [-0.3, -0.25) is 0 Å². The lowest BCUT2D eigenvalue weighted by molar-refractivity contribution is 0.530. The highest BCUT2D eigenvalue weighted by atomic mass is 35.5. The zero-order valence-electron chi connectivity index (χ0n) is 10.7. The van der Waals surface area contributed by atoms with Crippen molar-refractivity contribution in [2.75, 3.05) is 6.54 Å². The maximum Gasteiger partial charge on any atom is 0.142 e. The van der Waals surface area contributed by atoms with Crippen molar-refractivity contribution in [3.63, 3.8) is 0 Å². The number of hydrogen-bond donors (Lipinski definition) is 1. The number of nitrogens with two attached hydrogens (primary N) is 1. The molecule has 0 saturated heterocycles. The Labute approximate surface area is 118 Å². The number of benzene rings is 2. The first-order valence-corrected chi connectivity index (χ1v) is 6.74. The molecule has 0 radical (unpaired) electrons. The highest BCUT2D eigenvalue weighted by Gasteiger charge is 2.10. The van der Waals surface area contributed by atoms with Crippen LogP contribution in [0.5, 0.6) is 0 Å². The summed E-state index contributed by atoms with van der Waals surface area (Å²) < 4.78 is 13.4. The average Bonchev–Trinajstić information content (AvgIpc) is 2.43. The lowest BCUT2D eigenvalue weighted by Gasteiger charge is -2.15. The van der Waals surface area contributed by atoms with Crippen molar-refractivity contribution in [1.29, 1.82) is 0 Å². The second-order valence-corrected chi connectivity index (χ2v) is 5.15. The summed E-state index contributed by atoms with van der Waals surface area (Å²) in [7, 11) is 0. The third-order valence-corrected chi connectivity index (χ3v) is 3.52. The van der Waals surface area contributed by atoms with E-state index in [2.05, 4.69) is 12.1 Å². The van der Waals surface area contributed by atoms with Gasteiger partial charge in [-0.25, -0.2) is 4.39 Å². The minimum Gasteiger partial charge on any atom is -0.330 e. The van der Waals surface area contributed by atoms with Gasteiger partial charge in [0.05, 0.1) is 5.02 Å². The molecule has 0 saturated carbocycles. The van der Waals surface area contributed by atoms with E-state index in [0.717, 1.165) is 18.4 Å². The standard InChI is InChI=1S/C16H17ClFN/c17-15-7-6-13(10-16(15)18)9-14(11-19)8-12-4-2-1-3-5-12/h1-7,10,14H,8-9,11,19H2. The van der Waals surface area contributed by atoms with Crippen LogP contribution in [0.25, 0.3) is 0 Å². The predicted octanol–water partition coefficient (Wildman–Crippen LogP) is 3.84. The molecule has 2 aromatic rings. The summed E-state index contributed by atoms with van der Waals surface area (Å²) >= 11 is 5.68. The molecule has 3 heteroatoms. The van der Waals surface area contributed by atoms with Crippen molar-refractivity contribution < 1.29 is 4.39 Å². The molecular formula is C16H17ClFN. The molecule has 0 bridgehead atoms. The molecule has 0 aliphatic heterocycles. The van der Waals surface area contributed by atoms with Gasteiger partial charge in [0, 0.05) is 0 Å². The maximum absolute atomic E-state index is 13.4. The van der Waals surface area contributed by atoms with Crippen LogP contribution in [-0.2, 0) is 12.8 Å². The van der Waals surface area contributed by atoms with Crippen LogP contribution >= 0.6 is 11.6 Å². The van der Waals surface area contributed by atoms with E-state index >= 15 is 0 Å². The molecular weight excluding hydrogens is 261 g/mol. The Morgan fingerprint density at radius 1 is 1.00 bits per heavy atom. The van der Waals surface area contributed by atoms with Gasteiger partial charge in [-0.15, -0.1) is 0 Å². The van der Waals surface area contributed by atoms with Gasteiger partial charge in [-0.2, -0.15) is 0 Å². The van der Waals surface area contributed by atoms with Crippen molar-refractivity contribution in [2.24, 2.45) is 11.7 Å². The molecule has 0 heterocycles. The fourth-order valence-corrected chi connectivity index (χ4v) is 2.30. The smallest absolute Gasteiger partial charge is 0.142 e. The molecule has 2 aromatic carbocycles. The van der Waals surface area contributed by atoms with E-state index in [1.54, 1.807) is 6.07 Å². The third-order valence-electron chi connectivity index (χ3n) is 3.21. The molecule has 2 rings (SSSR count). The van der Waals surface area contributed by atoms with E-state index in [4.69, 9.17) is 17.3 Å². The quantitative estimate of drug-likeness (QED) is 0.883. The predicted molar refractivity (Wildman–Crippen MR) is 77.8 cm³/mol. The summed E-state index contributed by atoms with van der Waals surface area (Å²) in [6.07, 6.45) is 1.67. The number of halogens is 2. The van der Waals surface area contributed by atoms with E-state index < -0.39 is 0 Å². The van der Waals surface area contributed by atoms with Crippen molar-refractivity contribution >= 4 is 11.6 Å². The Bertz CT molecular complexity index is 528. The lowest BCUT2D eigenvalue weighted by Crippen LogP contribution is -2.19. The Kier molecular flexibility index (Phi) is 4.94. The van der Waals surface area contributed by atoms with E-state index in [1.807, 2.05) is 24.3 Å². The summed E-state index contributed by atoms with van der Waals surface area (Å²) in [5.41, 5.74) is 8.01. The molecule has 1 unspecified atom stereocenters. The fraction of sp³-hybridized carbons (Fsp3) is 0.250. The monoisotopic (exact) mass is 277 g/mol. The minimum absolute atomic E-state index is 0.163. The van der Waals surface area contributed by atoms with Gasteiger partial charge >= 0.3 is 0 Å². The van der Waals surface area contributed by atoms with E-state index in [1.165, 1.54) is 11.6 Å². The normalized spacial score (nSPS) is 12.4. The van der Waals surface area contributed by atoms with E-state index in [9.17, 15) is 4.39 Å². The zero-order chi connectivity index (χ0) is 13.7. The fourth-order valence-electron chi connectivity index (χ4n) is 2.19. The molecule has 19 heavy (non-hydrogen) atoms. The third kappa shape index (κ3) is 4.05. The van der Waals surface area contributed by atoms with Gasteiger partial charge < -0.3 is 5.73 Å².